The zero-order valence-corrected chi connectivity index (χ0v) is 22.5. The number of hydrogen-bond donors (Lipinski definition) is 2. The molecule has 1 amide bonds. The monoisotopic (exact) mass is 547 g/mol. The highest BCUT2D eigenvalue weighted by atomic mass is 16.6. The normalized spacial score (nSPS) is 16.9. The minimum atomic E-state index is -1.89. The molecule has 0 aliphatic carbocycles. The number of aryl methyl sites for hydroxylation is 1. The summed E-state index contributed by atoms with van der Waals surface area (Å²) in [5.41, 5.74) is 2.14. The highest BCUT2D eigenvalue weighted by Crippen LogP contribution is 2.40. The number of nitrogens with one attached hydrogen (secondary N) is 1. The molecule has 11 nitrogen and oxygen atoms in total. The Balaban J connectivity index is 1.45. The molecule has 2 aliphatic rings. The van der Waals surface area contributed by atoms with Crippen molar-refractivity contribution in [1.82, 2.24) is 14.9 Å². The Morgan fingerprint density at radius 3 is 2.70 bits per heavy atom. The largest absolute Gasteiger partial charge is 0.460 e. The maximum atomic E-state index is 13.5. The number of pyridine rings is 2. The Bertz CT molecular complexity index is 1660. The Hall–Kier alpha value is -4.51. The molecule has 0 saturated heterocycles. The highest BCUT2D eigenvalue weighted by Gasteiger charge is 2.45. The van der Waals surface area contributed by atoms with Crippen LogP contribution in [0.15, 0.2) is 41.2 Å². The van der Waals surface area contributed by atoms with Crippen LogP contribution in [-0.2, 0) is 44.2 Å². The lowest BCUT2D eigenvalue weighted by Gasteiger charge is -2.31. The van der Waals surface area contributed by atoms with Crippen LogP contribution in [0.4, 0.5) is 4.79 Å². The Morgan fingerprint density at radius 1 is 1.23 bits per heavy atom. The molecule has 1 aromatic carbocycles. The van der Waals surface area contributed by atoms with Crippen LogP contribution in [0.2, 0.25) is 0 Å². The van der Waals surface area contributed by atoms with Crippen LogP contribution in [-0.4, -0.2) is 45.8 Å². The van der Waals surface area contributed by atoms with Gasteiger partial charge in [0, 0.05) is 22.1 Å². The zero-order valence-electron chi connectivity index (χ0n) is 22.5. The Kier molecular flexibility index (Phi) is 6.92. The van der Waals surface area contributed by atoms with Gasteiger partial charge in [-0.05, 0) is 49.6 Å². The number of benzene rings is 1. The van der Waals surface area contributed by atoms with Gasteiger partial charge >= 0.3 is 18.0 Å². The van der Waals surface area contributed by atoms with E-state index < -0.39 is 23.6 Å². The number of carbonyl (C=O) groups excluding carboxylic acids is 3. The first-order valence-corrected chi connectivity index (χ1v) is 13.0. The summed E-state index contributed by atoms with van der Waals surface area (Å²) in [6.07, 6.45) is -0.0214. The molecule has 0 unspecified atom stereocenters. The Morgan fingerprint density at radius 2 is 2.00 bits per heavy atom. The predicted molar refractivity (Wildman–Crippen MR) is 144 cm³/mol. The van der Waals surface area contributed by atoms with Gasteiger partial charge in [-0.25, -0.2) is 19.4 Å². The molecule has 5 rings (SSSR count). The minimum absolute atomic E-state index is 0.0200. The molecule has 4 heterocycles. The quantitative estimate of drug-likeness (QED) is 0.203. The van der Waals surface area contributed by atoms with Gasteiger partial charge in [-0.1, -0.05) is 20.4 Å². The lowest BCUT2D eigenvalue weighted by atomic mass is 9.86. The molecule has 2 N–H and O–H groups in total. The first-order valence-electron chi connectivity index (χ1n) is 13.0. The van der Waals surface area contributed by atoms with E-state index >= 15 is 0 Å². The van der Waals surface area contributed by atoms with E-state index in [0.29, 0.717) is 29.1 Å². The molecule has 208 valence electrons. The highest BCUT2D eigenvalue weighted by molar-refractivity contribution is 5.90. The molecule has 0 fully saturated rings. The molecule has 0 radical (unpaired) electrons. The fraction of sp³-hybridized carbons (Fsp3) is 0.345. The van der Waals surface area contributed by atoms with E-state index in [-0.39, 0.29) is 55.0 Å². The number of cyclic esters (lactones) is 1. The second kappa shape index (κ2) is 10.2. The summed E-state index contributed by atoms with van der Waals surface area (Å²) < 4.78 is 17.1. The number of amides is 1. The molecular weight excluding hydrogens is 518 g/mol. The molecule has 0 saturated carbocycles. The van der Waals surface area contributed by atoms with Crippen LogP contribution in [0, 0.1) is 0 Å². The van der Waals surface area contributed by atoms with Crippen molar-refractivity contribution in [2.24, 2.45) is 0 Å². The SMILES string of the molecule is C=C(C)C(=O)OCCNC(=O)Oc1ccc2nc3c(c(CC)c2c1)Cn1c-3cc2c(c1=O)COC(=O)[C@]2(O)CC. The second-order valence-corrected chi connectivity index (χ2v) is 9.79. The Labute approximate surface area is 229 Å². The third kappa shape index (κ3) is 4.41. The van der Waals surface area contributed by atoms with Crippen LogP contribution in [0.25, 0.3) is 22.3 Å². The number of aliphatic hydroxyl groups is 1. The van der Waals surface area contributed by atoms with Crippen molar-refractivity contribution in [3.63, 3.8) is 0 Å². The third-order valence-corrected chi connectivity index (χ3v) is 7.29. The molecule has 2 aliphatic heterocycles. The third-order valence-electron chi connectivity index (χ3n) is 7.29. The van der Waals surface area contributed by atoms with Crippen LogP contribution in [0.3, 0.4) is 0 Å². The van der Waals surface area contributed by atoms with E-state index in [2.05, 4.69) is 11.9 Å². The van der Waals surface area contributed by atoms with Gasteiger partial charge in [0.15, 0.2) is 5.60 Å². The van der Waals surface area contributed by atoms with Gasteiger partial charge in [-0.3, -0.25) is 4.79 Å². The number of carbonyl (C=O) groups is 3. The topological polar surface area (TPSA) is 146 Å². The standard InChI is InChI=1S/C29H29N3O8/c1-5-17-18-11-16(40-28(36)30-9-10-38-26(34)15(3)4)7-8-22(18)31-24-19(17)13-32-23(24)12-21-20(25(32)33)14-39-27(35)29(21,37)6-2/h7-8,11-12,37H,3,5-6,9-10,13-14H2,1-2,4H3,(H,30,36)/t29-/m0/s1. The van der Waals surface area contributed by atoms with Crippen molar-refractivity contribution in [2.45, 2.75) is 52.4 Å². The molecule has 0 spiro atoms. The average Bonchev–Trinajstić information content (AvgIpc) is 3.30. The summed E-state index contributed by atoms with van der Waals surface area (Å²) in [6, 6.07) is 6.75. The van der Waals surface area contributed by atoms with Gasteiger partial charge in [0.05, 0.1) is 35.6 Å². The van der Waals surface area contributed by atoms with Crippen LogP contribution in [0.1, 0.15) is 49.4 Å². The van der Waals surface area contributed by atoms with Gasteiger partial charge in [-0.2, -0.15) is 0 Å². The minimum Gasteiger partial charge on any atom is -0.460 e. The van der Waals surface area contributed by atoms with E-state index in [0.717, 1.165) is 16.5 Å². The predicted octanol–water partition coefficient (Wildman–Crippen LogP) is 2.85. The number of esters is 2. The summed E-state index contributed by atoms with van der Waals surface area (Å²) in [5, 5.41) is 14.4. The van der Waals surface area contributed by atoms with E-state index in [4.69, 9.17) is 19.2 Å². The lowest BCUT2D eigenvalue weighted by molar-refractivity contribution is -0.172. The van der Waals surface area contributed by atoms with Crippen LogP contribution >= 0.6 is 0 Å². The summed E-state index contributed by atoms with van der Waals surface area (Å²) >= 11 is 0. The summed E-state index contributed by atoms with van der Waals surface area (Å²) in [5.74, 6) is -1.01. The number of ether oxygens (including phenoxy) is 3. The van der Waals surface area contributed by atoms with Crippen LogP contribution in [0.5, 0.6) is 5.75 Å². The van der Waals surface area contributed by atoms with Crippen molar-refractivity contribution in [2.75, 3.05) is 13.2 Å². The number of aromatic nitrogens is 2. The van der Waals surface area contributed by atoms with E-state index in [1.807, 2.05) is 6.92 Å². The zero-order chi connectivity index (χ0) is 28.8. The number of hydrogen-bond acceptors (Lipinski definition) is 9. The molecule has 0 bridgehead atoms. The van der Waals surface area contributed by atoms with Crippen molar-refractivity contribution < 1.29 is 33.7 Å². The second-order valence-electron chi connectivity index (χ2n) is 9.79. The molecule has 2 aromatic heterocycles. The van der Waals surface area contributed by atoms with Gasteiger partial charge in [0.1, 0.15) is 19.0 Å². The molecule has 11 heteroatoms. The van der Waals surface area contributed by atoms with Gasteiger partial charge in [0.25, 0.3) is 5.56 Å². The van der Waals surface area contributed by atoms with E-state index in [9.17, 15) is 24.3 Å². The number of fused-ring (bicyclic) bond motifs is 5. The van der Waals surface area contributed by atoms with Crippen molar-refractivity contribution in [3.05, 3.63) is 69.0 Å². The van der Waals surface area contributed by atoms with Crippen molar-refractivity contribution in [1.29, 1.82) is 0 Å². The summed E-state index contributed by atoms with van der Waals surface area (Å²) in [4.78, 5) is 54.4. The van der Waals surface area contributed by atoms with Gasteiger partial charge in [0.2, 0.25) is 0 Å². The molecule has 40 heavy (non-hydrogen) atoms. The molecule has 1 atom stereocenters. The number of rotatable bonds is 7. The number of nitrogens with zero attached hydrogens (tertiary/aromatic N) is 2. The van der Waals surface area contributed by atoms with Crippen LogP contribution < -0.4 is 15.6 Å². The average molecular weight is 548 g/mol. The lowest BCUT2D eigenvalue weighted by Crippen LogP contribution is -2.44. The van der Waals surface area contributed by atoms with Crippen molar-refractivity contribution >= 4 is 28.9 Å². The van der Waals surface area contributed by atoms with Gasteiger partial charge < -0.3 is 29.2 Å². The summed E-state index contributed by atoms with van der Waals surface area (Å²) in [6.45, 7) is 8.81. The molecule has 3 aromatic rings. The van der Waals surface area contributed by atoms with E-state index in [1.165, 1.54) is 6.92 Å². The smallest absolute Gasteiger partial charge is 0.412 e. The fourth-order valence-electron chi connectivity index (χ4n) is 5.17. The first-order chi connectivity index (χ1) is 19.1. The maximum absolute atomic E-state index is 13.5. The fourth-order valence-corrected chi connectivity index (χ4v) is 5.17. The van der Waals surface area contributed by atoms with Crippen molar-refractivity contribution in [3.8, 4) is 17.1 Å². The van der Waals surface area contributed by atoms with E-state index in [1.54, 1.807) is 35.8 Å². The molecular formula is C29H29N3O8. The van der Waals surface area contributed by atoms with Gasteiger partial charge in [-0.15, -0.1) is 0 Å². The maximum Gasteiger partial charge on any atom is 0.412 e. The summed E-state index contributed by atoms with van der Waals surface area (Å²) in [7, 11) is 0. The first kappa shape index (κ1) is 27.1.